The Morgan fingerprint density at radius 3 is 2.58 bits per heavy atom. The van der Waals surface area contributed by atoms with Crippen molar-refractivity contribution in [2.45, 2.75) is 39.5 Å². The Labute approximate surface area is 74.6 Å². The van der Waals surface area contributed by atoms with Crippen LogP contribution in [0.25, 0.3) is 0 Å². The summed E-state index contributed by atoms with van der Waals surface area (Å²) in [6.45, 7) is 3.95. The van der Waals surface area contributed by atoms with E-state index in [0.717, 1.165) is 12.8 Å². The van der Waals surface area contributed by atoms with Crippen molar-refractivity contribution in [3.8, 4) is 0 Å². The van der Waals surface area contributed by atoms with E-state index >= 15 is 0 Å². The lowest BCUT2D eigenvalue weighted by Gasteiger charge is -1.98. The molecular formula is C10H18O2. The standard InChI is InChI=1S/C10H18O2/c1-4-5-6-7-8-9(2)10(11)12-3/h8H,4-7H2,1-3H3/b9-8-. The maximum atomic E-state index is 10.9. The van der Waals surface area contributed by atoms with Gasteiger partial charge in [-0.2, -0.15) is 0 Å². The summed E-state index contributed by atoms with van der Waals surface area (Å²) in [6.07, 6.45) is 6.52. The molecule has 0 aromatic heterocycles. The number of carbonyl (C=O) groups excluding carboxylic acids is 1. The van der Waals surface area contributed by atoms with Crippen molar-refractivity contribution in [3.63, 3.8) is 0 Å². The lowest BCUT2D eigenvalue weighted by Crippen LogP contribution is -2.01. The second kappa shape index (κ2) is 6.89. The Balaban J connectivity index is 3.61. The number of hydrogen-bond donors (Lipinski definition) is 0. The first kappa shape index (κ1) is 11.2. The van der Waals surface area contributed by atoms with Crippen molar-refractivity contribution in [2.24, 2.45) is 0 Å². The smallest absolute Gasteiger partial charge is 0.333 e. The summed E-state index contributed by atoms with van der Waals surface area (Å²) in [4.78, 5) is 10.9. The van der Waals surface area contributed by atoms with E-state index in [2.05, 4.69) is 11.7 Å². The van der Waals surface area contributed by atoms with E-state index < -0.39 is 0 Å². The summed E-state index contributed by atoms with van der Waals surface area (Å²) < 4.78 is 4.56. The second-order valence-corrected chi connectivity index (χ2v) is 2.87. The number of allylic oxidation sites excluding steroid dienone is 1. The molecule has 0 aliphatic heterocycles. The molecule has 0 saturated heterocycles. The third kappa shape index (κ3) is 4.94. The van der Waals surface area contributed by atoms with Gasteiger partial charge in [0.2, 0.25) is 0 Å². The minimum absolute atomic E-state index is 0.216. The summed E-state index contributed by atoms with van der Waals surface area (Å²) >= 11 is 0. The molecule has 0 atom stereocenters. The van der Waals surface area contributed by atoms with Crippen molar-refractivity contribution >= 4 is 5.97 Å². The van der Waals surface area contributed by atoms with Crippen LogP contribution in [0.5, 0.6) is 0 Å². The van der Waals surface area contributed by atoms with Gasteiger partial charge in [-0.05, 0) is 19.8 Å². The molecule has 0 amide bonds. The number of carbonyl (C=O) groups is 1. The first-order valence-electron chi connectivity index (χ1n) is 4.47. The number of methoxy groups -OCH3 is 1. The summed E-state index contributed by atoms with van der Waals surface area (Å²) in [5, 5.41) is 0. The van der Waals surface area contributed by atoms with Gasteiger partial charge in [0.05, 0.1) is 7.11 Å². The minimum atomic E-state index is -0.216. The molecule has 70 valence electrons. The molecule has 0 unspecified atom stereocenters. The normalized spacial score (nSPS) is 11.4. The Kier molecular flexibility index (Phi) is 6.44. The van der Waals surface area contributed by atoms with Gasteiger partial charge in [0, 0.05) is 5.57 Å². The quantitative estimate of drug-likeness (QED) is 0.360. The van der Waals surface area contributed by atoms with Crippen LogP contribution in [0.4, 0.5) is 0 Å². The molecule has 12 heavy (non-hydrogen) atoms. The summed E-state index contributed by atoms with van der Waals surface area (Å²) in [5.41, 5.74) is 0.716. The van der Waals surface area contributed by atoms with Crippen LogP contribution in [0, 0.1) is 0 Å². The predicted molar refractivity (Wildman–Crippen MR) is 49.9 cm³/mol. The van der Waals surface area contributed by atoms with Crippen LogP contribution >= 0.6 is 0 Å². The SMILES string of the molecule is CCCCC/C=C(/C)C(=O)OC. The van der Waals surface area contributed by atoms with Crippen LogP contribution in [0.3, 0.4) is 0 Å². The highest BCUT2D eigenvalue weighted by atomic mass is 16.5. The summed E-state index contributed by atoms with van der Waals surface area (Å²) in [6, 6.07) is 0. The van der Waals surface area contributed by atoms with Gasteiger partial charge in [0.1, 0.15) is 0 Å². The molecule has 0 heterocycles. The Bertz CT molecular complexity index is 159. The highest BCUT2D eigenvalue weighted by Gasteiger charge is 2.00. The predicted octanol–water partition coefficient (Wildman–Crippen LogP) is 2.69. The molecule has 2 heteroatoms. The van der Waals surface area contributed by atoms with Crippen LogP contribution in [-0.2, 0) is 9.53 Å². The fourth-order valence-corrected chi connectivity index (χ4v) is 0.957. The molecule has 0 rings (SSSR count). The molecular weight excluding hydrogens is 152 g/mol. The average Bonchev–Trinajstić information content (AvgIpc) is 2.10. The van der Waals surface area contributed by atoms with E-state index in [1.165, 1.54) is 20.0 Å². The Hall–Kier alpha value is -0.790. The maximum Gasteiger partial charge on any atom is 0.333 e. The van der Waals surface area contributed by atoms with Crippen molar-refractivity contribution in [1.82, 2.24) is 0 Å². The fourth-order valence-electron chi connectivity index (χ4n) is 0.957. The summed E-state index contributed by atoms with van der Waals surface area (Å²) in [7, 11) is 1.41. The number of unbranched alkanes of at least 4 members (excludes halogenated alkanes) is 3. The molecule has 2 nitrogen and oxygen atoms in total. The molecule has 0 aromatic carbocycles. The van der Waals surface area contributed by atoms with Gasteiger partial charge in [-0.3, -0.25) is 0 Å². The van der Waals surface area contributed by atoms with Crippen LogP contribution < -0.4 is 0 Å². The first-order chi connectivity index (χ1) is 5.72. The number of ether oxygens (including phenoxy) is 1. The molecule has 0 radical (unpaired) electrons. The zero-order valence-electron chi connectivity index (χ0n) is 8.22. The third-order valence-corrected chi connectivity index (χ3v) is 1.77. The van der Waals surface area contributed by atoms with Gasteiger partial charge >= 0.3 is 5.97 Å². The van der Waals surface area contributed by atoms with E-state index in [-0.39, 0.29) is 5.97 Å². The van der Waals surface area contributed by atoms with E-state index in [4.69, 9.17) is 0 Å². The lowest BCUT2D eigenvalue weighted by molar-refractivity contribution is -0.136. The monoisotopic (exact) mass is 170 g/mol. The van der Waals surface area contributed by atoms with Crippen LogP contribution in [-0.4, -0.2) is 13.1 Å². The van der Waals surface area contributed by atoms with Gasteiger partial charge in [-0.25, -0.2) is 4.79 Å². The van der Waals surface area contributed by atoms with Crippen LogP contribution in [0.2, 0.25) is 0 Å². The van der Waals surface area contributed by atoms with E-state index in [0.29, 0.717) is 5.57 Å². The first-order valence-corrected chi connectivity index (χ1v) is 4.47. The third-order valence-electron chi connectivity index (χ3n) is 1.77. The van der Waals surface area contributed by atoms with Gasteiger partial charge < -0.3 is 4.74 Å². The molecule has 0 N–H and O–H groups in total. The molecule has 0 fully saturated rings. The Morgan fingerprint density at radius 1 is 1.42 bits per heavy atom. The highest BCUT2D eigenvalue weighted by Crippen LogP contribution is 2.03. The largest absolute Gasteiger partial charge is 0.466 e. The van der Waals surface area contributed by atoms with E-state index in [9.17, 15) is 4.79 Å². The van der Waals surface area contributed by atoms with Gasteiger partial charge in [0.15, 0.2) is 0 Å². The minimum Gasteiger partial charge on any atom is -0.466 e. The zero-order chi connectivity index (χ0) is 9.40. The zero-order valence-corrected chi connectivity index (χ0v) is 8.22. The number of hydrogen-bond acceptors (Lipinski definition) is 2. The highest BCUT2D eigenvalue weighted by molar-refractivity contribution is 5.87. The van der Waals surface area contributed by atoms with Gasteiger partial charge in [-0.15, -0.1) is 0 Å². The number of esters is 1. The molecule has 0 spiro atoms. The molecule has 0 bridgehead atoms. The van der Waals surface area contributed by atoms with E-state index in [1.54, 1.807) is 6.92 Å². The van der Waals surface area contributed by atoms with Crippen molar-refractivity contribution in [3.05, 3.63) is 11.6 Å². The van der Waals surface area contributed by atoms with Gasteiger partial charge in [0.25, 0.3) is 0 Å². The lowest BCUT2D eigenvalue weighted by atomic mass is 10.1. The van der Waals surface area contributed by atoms with E-state index in [1.807, 2.05) is 6.08 Å². The van der Waals surface area contributed by atoms with Crippen LogP contribution in [0.1, 0.15) is 39.5 Å². The Morgan fingerprint density at radius 2 is 2.08 bits per heavy atom. The number of rotatable bonds is 5. The topological polar surface area (TPSA) is 26.3 Å². The second-order valence-electron chi connectivity index (χ2n) is 2.87. The molecule has 0 aliphatic carbocycles. The van der Waals surface area contributed by atoms with Crippen molar-refractivity contribution in [2.75, 3.05) is 7.11 Å². The average molecular weight is 170 g/mol. The molecule has 0 aromatic rings. The molecule has 0 saturated carbocycles. The fraction of sp³-hybridized carbons (Fsp3) is 0.700. The maximum absolute atomic E-state index is 10.9. The van der Waals surface area contributed by atoms with Gasteiger partial charge in [-0.1, -0.05) is 25.8 Å². The van der Waals surface area contributed by atoms with Crippen molar-refractivity contribution in [1.29, 1.82) is 0 Å². The van der Waals surface area contributed by atoms with Crippen LogP contribution in [0.15, 0.2) is 11.6 Å². The summed E-state index contributed by atoms with van der Waals surface area (Å²) in [5.74, 6) is -0.216. The van der Waals surface area contributed by atoms with Crippen molar-refractivity contribution < 1.29 is 9.53 Å². The molecule has 0 aliphatic rings.